The first-order valence-corrected chi connectivity index (χ1v) is 8.50. The van der Waals surface area contributed by atoms with Crippen LogP contribution in [0.15, 0.2) is 45.5 Å². The minimum Gasteiger partial charge on any atom is -0.486 e. The maximum atomic E-state index is 5.77. The third-order valence-electron chi connectivity index (χ3n) is 2.91. The molecule has 112 valence electrons. The Morgan fingerprint density at radius 3 is 2.71 bits per heavy atom. The zero-order valence-electron chi connectivity index (χ0n) is 11.9. The molecule has 1 aromatic carbocycles. The monoisotopic (exact) mass is 412 g/mol. The molecule has 5 heteroatoms. The van der Waals surface area contributed by atoms with Gasteiger partial charge in [0.15, 0.2) is 0 Å². The summed E-state index contributed by atoms with van der Waals surface area (Å²) in [6.45, 7) is 4.51. The summed E-state index contributed by atoms with van der Waals surface area (Å²) in [5.74, 6) is 0.814. The van der Waals surface area contributed by atoms with Crippen molar-refractivity contribution in [2.24, 2.45) is 0 Å². The largest absolute Gasteiger partial charge is 0.486 e. The van der Waals surface area contributed by atoms with Gasteiger partial charge in [-0.15, -0.1) is 0 Å². The molecule has 2 aromatic rings. The van der Waals surface area contributed by atoms with Crippen molar-refractivity contribution in [2.45, 2.75) is 26.5 Å². The Morgan fingerprint density at radius 1 is 1.19 bits per heavy atom. The molecule has 1 heterocycles. The van der Waals surface area contributed by atoms with Crippen LogP contribution in [0.2, 0.25) is 0 Å². The molecule has 0 fully saturated rings. The van der Waals surface area contributed by atoms with Gasteiger partial charge in [0.25, 0.3) is 0 Å². The molecule has 0 aliphatic heterocycles. The number of ether oxygens (including phenoxy) is 1. The van der Waals surface area contributed by atoms with Gasteiger partial charge < -0.3 is 10.1 Å². The predicted molar refractivity (Wildman–Crippen MR) is 92.4 cm³/mol. The van der Waals surface area contributed by atoms with Crippen LogP contribution < -0.4 is 10.1 Å². The van der Waals surface area contributed by atoms with Crippen LogP contribution in [0.3, 0.4) is 0 Å². The van der Waals surface area contributed by atoms with Gasteiger partial charge in [-0.25, -0.2) is 0 Å². The summed E-state index contributed by atoms with van der Waals surface area (Å²) >= 11 is 6.91. The molecule has 0 spiro atoms. The second kappa shape index (κ2) is 8.51. The van der Waals surface area contributed by atoms with E-state index in [9.17, 15) is 0 Å². The number of nitrogens with zero attached hydrogens (tertiary/aromatic N) is 1. The van der Waals surface area contributed by atoms with E-state index < -0.39 is 0 Å². The van der Waals surface area contributed by atoms with Gasteiger partial charge >= 0.3 is 0 Å². The summed E-state index contributed by atoms with van der Waals surface area (Å²) < 4.78 is 7.72. The molecule has 3 nitrogen and oxygen atoms in total. The lowest BCUT2D eigenvalue weighted by Crippen LogP contribution is -2.14. The molecule has 0 aliphatic rings. The summed E-state index contributed by atoms with van der Waals surface area (Å²) in [5, 5.41) is 3.36. The lowest BCUT2D eigenvalue weighted by atomic mass is 10.2. The normalized spacial score (nSPS) is 10.6. The van der Waals surface area contributed by atoms with Gasteiger partial charge in [-0.05, 0) is 58.7 Å². The van der Waals surface area contributed by atoms with E-state index >= 15 is 0 Å². The minimum atomic E-state index is 0.461. The molecule has 21 heavy (non-hydrogen) atoms. The number of aromatic nitrogens is 1. The van der Waals surface area contributed by atoms with Gasteiger partial charge in [0.1, 0.15) is 12.4 Å². The van der Waals surface area contributed by atoms with E-state index in [1.54, 1.807) is 0 Å². The molecule has 0 saturated carbocycles. The number of pyridine rings is 1. The summed E-state index contributed by atoms with van der Waals surface area (Å²) in [7, 11) is 0. The van der Waals surface area contributed by atoms with Crippen molar-refractivity contribution in [2.75, 3.05) is 6.54 Å². The van der Waals surface area contributed by atoms with E-state index in [2.05, 4.69) is 55.2 Å². The van der Waals surface area contributed by atoms with Crippen molar-refractivity contribution in [3.63, 3.8) is 0 Å². The highest BCUT2D eigenvalue weighted by atomic mass is 79.9. The smallest absolute Gasteiger partial charge is 0.134 e. The number of hydrogen-bond acceptors (Lipinski definition) is 3. The van der Waals surface area contributed by atoms with Gasteiger partial charge in [0.05, 0.1) is 10.2 Å². The zero-order chi connectivity index (χ0) is 15.1. The maximum Gasteiger partial charge on any atom is 0.134 e. The molecule has 0 aliphatic carbocycles. The summed E-state index contributed by atoms with van der Waals surface area (Å²) in [5.41, 5.74) is 2.11. The fourth-order valence-electron chi connectivity index (χ4n) is 1.80. The Bertz CT molecular complexity index is 573. The van der Waals surface area contributed by atoms with Crippen LogP contribution in [0.25, 0.3) is 0 Å². The fourth-order valence-corrected chi connectivity index (χ4v) is 2.96. The highest BCUT2D eigenvalue weighted by Crippen LogP contribution is 2.28. The van der Waals surface area contributed by atoms with Gasteiger partial charge in [0, 0.05) is 17.2 Å². The summed E-state index contributed by atoms with van der Waals surface area (Å²) in [6, 6.07) is 9.94. The molecule has 1 aromatic heterocycles. The van der Waals surface area contributed by atoms with Crippen molar-refractivity contribution in [3.8, 4) is 5.75 Å². The lowest BCUT2D eigenvalue weighted by Gasteiger charge is -2.09. The van der Waals surface area contributed by atoms with Gasteiger partial charge in [0.2, 0.25) is 0 Å². The molecule has 0 bridgehead atoms. The average molecular weight is 414 g/mol. The Morgan fingerprint density at radius 2 is 2.05 bits per heavy atom. The lowest BCUT2D eigenvalue weighted by molar-refractivity contribution is 0.299. The first-order chi connectivity index (χ1) is 10.2. The Labute approximate surface area is 142 Å². The van der Waals surface area contributed by atoms with E-state index in [-0.39, 0.29) is 0 Å². The van der Waals surface area contributed by atoms with Crippen LogP contribution in [0.4, 0.5) is 0 Å². The van der Waals surface area contributed by atoms with E-state index in [0.29, 0.717) is 6.61 Å². The molecular weight excluding hydrogens is 396 g/mol. The number of nitrogens with one attached hydrogen (secondary N) is 1. The first kappa shape index (κ1) is 16.5. The molecule has 0 atom stereocenters. The van der Waals surface area contributed by atoms with E-state index in [0.717, 1.165) is 39.9 Å². The van der Waals surface area contributed by atoms with Crippen LogP contribution >= 0.6 is 31.9 Å². The van der Waals surface area contributed by atoms with Crippen molar-refractivity contribution in [1.29, 1.82) is 0 Å². The molecular formula is C16H18Br2N2O. The molecule has 0 radical (unpaired) electrons. The van der Waals surface area contributed by atoms with E-state index in [1.165, 1.54) is 5.56 Å². The van der Waals surface area contributed by atoms with Crippen molar-refractivity contribution in [1.82, 2.24) is 10.3 Å². The van der Waals surface area contributed by atoms with Gasteiger partial charge in [-0.1, -0.05) is 28.9 Å². The fraction of sp³-hybridized carbons (Fsp3) is 0.312. The van der Waals surface area contributed by atoms with Crippen LogP contribution in [-0.4, -0.2) is 11.5 Å². The molecule has 0 amide bonds. The average Bonchev–Trinajstić information content (AvgIpc) is 2.48. The minimum absolute atomic E-state index is 0.461. The third-order valence-corrected chi connectivity index (χ3v) is 4.02. The molecule has 1 N–H and O–H groups in total. The Hall–Kier alpha value is -0.910. The van der Waals surface area contributed by atoms with Crippen LogP contribution in [-0.2, 0) is 13.2 Å². The second-order valence-electron chi connectivity index (χ2n) is 4.70. The molecule has 0 saturated heterocycles. The SMILES string of the molecule is CCCNCc1ccc(COc2ccc(Br)cc2Br)nc1. The van der Waals surface area contributed by atoms with E-state index in [4.69, 9.17) is 4.74 Å². The van der Waals surface area contributed by atoms with Crippen LogP contribution in [0.5, 0.6) is 5.75 Å². The Balaban J connectivity index is 1.88. The Kier molecular flexibility index (Phi) is 6.67. The second-order valence-corrected chi connectivity index (χ2v) is 6.47. The zero-order valence-corrected chi connectivity index (χ0v) is 15.1. The highest BCUT2D eigenvalue weighted by molar-refractivity contribution is 9.11. The quantitative estimate of drug-likeness (QED) is 0.668. The van der Waals surface area contributed by atoms with Crippen molar-refractivity contribution in [3.05, 3.63) is 56.7 Å². The maximum absolute atomic E-state index is 5.77. The van der Waals surface area contributed by atoms with Gasteiger partial charge in [-0.3, -0.25) is 4.98 Å². The number of benzene rings is 1. The molecule has 2 rings (SSSR count). The van der Waals surface area contributed by atoms with Gasteiger partial charge in [-0.2, -0.15) is 0 Å². The molecule has 0 unspecified atom stereocenters. The van der Waals surface area contributed by atoms with E-state index in [1.807, 2.05) is 30.5 Å². The topological polar surface area (TPSA) is 34.1 Å². The first-order valence-electron chi connectivity index (χ1n) is 6.91. The third kappa shape index (κ3) is 5.41. The summed E-state index contributed by atoms with van der Waals surface area (Å²) in [4.78, 5) is 4.43. The predicted octanol–water partition coefficient (Wildman–Crippen LogP) is 4.69. The van der Waals surface area contributed by atoms with Crippen molar-refractivity contribution < 1.29 is 4.74 Å². The number of hydrogen-bond donors (Lipinski definition) is 1. The van der Waals surface area contributed by atoms with Crippen molar-refractivity contribution >= 4 is 31.9 Å². The van der Waals surface area contributed by atoms with Crippen LogP contribution in [0, 0.1) is 0 Å². The number of halogens is 2. The summed E-state index contributed by atoms with van der Waals surface area (Å²) in [6.07, 6.45) is 3.04. The van der Waals surface area contributed by atoms with Crippen LogP contribution in [0.1, 0.15) is 24.6 Å². The highest BCUT2D eigenvalue weighted by Gasteiger charge is 2.03. The standard InChI is InChI=1S/C16H18Br2N2O/c1-2-7-19-9-12-3-5-14(20-10-12)11-21-16-6-4-13(17)8-15(16)18/h3-6,8,10,19H,2,7,9,11H2,1H3. The number of rotatable bonds is 7.